The van der Waals surface area contributed by atoms with Gasteiger partial charge in [0.25, 0.3) is 0 Å². The second kappa shape index (κ2) is 4.72. The first-order valence-electron chi connectivity index (χ1n) is 4.30. The van der Waals surface area contributed by atoms with Crippen molar-refractivity contribution in [3.8, 4) is 0 Å². The first kappa shape index (κ1) is 18.9. The van der Waals surface area contributed by atoms with Gasteiger partial charge in [0.15, 0.2) is 12.5 Å². The Balaban J connectivity index is 6.05. The van der Waals surface area contributed by atoms with E-state index in [1.807, 2.05) is 0 Å². The van der Waals surface area contributed by atoms with Gasteiger partial charge >= 0.3 is 29.6 Å². The molecule has 0 aliphatic carbocycles. The molecule has 20 heavy (non-hydrogen) atoms. The molecule has 0 aliphatic heterocycles. The van der Waals surface area contributed by atoms with Gasteiger partial charge in [-0.05, 0) is 0 Å². The summed E-state index contributed by atoms with van der Waals surface area (Å²) in [5.41, 5.74) is 0. The van der Waals surface area contributed by atoms with E-state index in [4.69, 9.17) is 0 Å². The summed E-state index contributed by atoms with van der Waals surface area (Å²) in [7, 11) is 0. The van der Waals surface area contributed by atoms with Gasteiger partial charge in [-0.3, -0.25) is 0 Å². The monoisotopic (exact) mass is 328 g/mol. The normalized spacial score (nSPS) is 15.4. The van der Waals surface area contributed by atoms with Crippen LogP contribution in [0.15, 0.2) is 12.4 Å². The van der Waals surface area contributed by atoms with Gasteiger partial charge in [0.05, 0.1) is 0 Å². The van der Waals surface area contributed by atoms with Crippen LogP contribution in [0.4, 0.5) is 52.7 Å². The molecular formula is C8H4F12. The van der Waals surface area contributed by atoms with E-state index in [0.717, 1.165) is 0 Å². The van der Waals surface area contributed by atoms with Crippen LogP contribution in [-0.2, 0) is 0 Å². The highest BCUT2D eigenvalue weighted by Gasteiger charge is 2.86. The third-order valence-electron chi connectivity index (χ3n) is 2.15. The molecule has 0 rings (SSSR count). The SMILES string of the molecule is C=C(F)C(F)(F)C(F)(F)C(F)(F)C(F)(F)C(F)(F)CF. The van der Waals surface area contributed by atoms with Crippen molar-refractivity contribution in [1.29, 1.82) is 0 Å². The fraction of sp³-hybridized carbons (Fsp3) is 0.750. The van der Waals surface area contributed by atoms with E-state index in [1.54, 1.807) is 0 Å². The minimum Gasteiger partial charge on any atom is -0.244 e. The van der Waals surface area contributed by atoms with Crippen molar-refractivity contribution in [2.75, 3.05) is 6.67 Å². The Morgan fingerprint density at radius 2 is 1.05 bits per heavy atom. The van der Waals surface area contributed by atoms with Crippen LogP contribution in [0.2, 0.25) is 0 Å². The lowest BCUT2D eigenvalue weighted by Gasteiger charge is -2.38. The van der Waals surface area contributed by atoms with Gasteiger partial charge in [-0.2, -0.15) is 43.9 Å². The van der Waals surface area contributed by atoms with E-state index in [2.05, 4.69) is 0 Å². The molecular weight excluding hydrogens is 324 g/mol. The highest BCUT2D eigenvalue weighted by atomic mass is 19.4. The van der Waals surface area contributed by atoms with E-state index in [1.165, 1.54) is 6.58 Å². The number of alkyl halides is 11. The molecule has 0 unspecified atom stereocenters. The summed E-state index contributed by atoms with van der Waals surface area (Å²) in [6.45, 7) is -2.00. The smallest absolute Gasteiger partial charge is 0.244 e. The topological polar surface area (TPSA) is 0 Å². The maximum Gasteiger partial charge on any atom is 0.385 e. The van der Waals surface area contributed by atoms with Gasteiger partial charge < -0.3 is 0 Å². The lowest BCUT2D eigenvalue weighted by Crippen LogP contribution is -2.67. The van der Waals surface area contributed by atoms with Gasteiger partial charge in [-0.15, -0.1) is 0 Å². The van der Waals surface area contributed by atoms with Crippen LogP contribution in [0.5, 0.6) is 0 Å². The Hall–Kier alpha value is -1.10. The summed E-state index contributed by atoms with van der Waals surface area (Å²) >= 11 is 0. The van der Waals surface area contributed by atoms with E-state index >= 15 is 0 Å². The molecule has 0 aromatic heterocycles. The van der Waals surface area contributed by atoms with Gasteiger partial charge in [0, 0.05) is 0 Å². The Kier molecular flexibility index (Phi) is 4.46. The fourth-order valence-electron chi connectivity index (χ4n) is 0.878. The Labute approximate surface area is 103 Å². The number of rotatable bonds is 6. The molecule has 120 valence electrons. The maximum absolute atomic E-state index is 12.7. The Bertz CT molecular complexity index is 381. The summed E-state index contributed by atoms with van der Waals surface area (Å²) in [6, 6.07) is 0. The first-order chi connectivity index (χ1) is 8.50. The summed E-state index contributed by atoms with van der Waals surface area (Å²) in [5, 5.41) is 0. The Morgan fingerprint density at radius 3 is 1.30 bits per heavy atom. The van der Waals surface area contributed by atoms with E-state index in [0.29, 0.717) is 0 Å². The van der Waals surface area contributed by atoms with E-state index in [-0.39, 0.29) is 0 Å². The van der Waals surface area contributed by atoms with Crippen molar-refractivity contribution in [2.45, 2.75) is 29.6 Å². The molecule has 0 aromatic carbocycles. The standard InChI is InChI=1S/C8H4F12/c1-3(10)5(13,14)7(17,18)8(19,20)6(15,16)4(11,12)2-9/h1-2H2. The molecule has 0 radical (unpaired) electrons. The average Bonchev–Trinajstić information content (AvgIpc) is 2.27. The van der Waals surface area contributed by atoms with Gasteiger partial charge in [0.1, 0.15) is 0 Å². The predicted octanol–water partition coefficient (Wildman–Crippen LogP) is 4.62. The maximum atomic E-state index is 12.7. The van der Waals surface area contributed by atoms with E-state index < -0.39 is 42.1 Å². The van der Waals surface area contributed by atoms with Crippen molar-refractivity contribution < 1.29 is 52.7 Å². The van der Waals surface area contributed by atoms with Gasteiger partial charge in [-0.1, -0.05) is 6.58 Å². The molecule has 0 N–H and O–H groups in total. The molecule has 0 saturated heterocycles. The van der Waals surface area contributed by atoms with Crippen LogP contribution in [0.3, 0.4) is 0 Å². The van der Waals surface area contributed by atoms with E-state index in [9.17, 15) is 52.7 Å². The first-order valence-corrected chi connectivity index (χ1v) is 4.30. The largest absolute Gasteiger partial charge is 0.385 e. The average molecular weight is 328 g/mol. The lowest BCUT2D eigenvalue weighted by atomic mass is 9.94. The van der Waals surface area contributed by atoms with Crippen LogP contribution in [0, 0.1) is 0 Å². The van der Waals surface area contributed by atoms with Crippen molar-refractivity contribution >= 4 is 0 Å². The molecule has 0 nitrogen and oxygen atoms in total. The van der Waals surface area contributed by atoms with Gasteiger partial charge in [-0.25, -0.2) is 8.78 Å². The molecule has 0 aliphatic rings. The molecule has 0 fully saturated rings. The third-order valence-corrected chi connectivity index (χ3v) is 2.15. The zero-order valence-corrected chi connectivity index (χ0v) is 8.95. The van der Waals surface area contributed by atoms with Crippen LogP contribution >= 0.6 is 0 Å². The molecule has 0 heterocycles. The summed E-state index contributed by atoms with van der Waals surface area (Å²) in [5.74, 6) is -38.4. The third kappa shape index (κ3) is 2.22. The quantitative estimate of drug-likeness (QED) is 0.625. The number of halogens is 12. The molecule has 0 amide bonds. The summed E-state index contributed by atoms with van der Waals surface area (Å²) < 4.78 is 149. The molecule has 0 bridgehead atoms. The summed E-state index contributed by atoms with van der Waals surface area (Å²) in [6.07, 6.45) is 0. The highest BCUT2D eigenvalue weighted by Crippen LogP contribution is 2.58. The number of hydrogen-bond acceptors (Lipinski definition) is 0. The van der Waals surface area contributed by atoms with Crippen LogP contribution < -0.4 is 0 Å². The minimum absolute atomic E-state index is 1.53. The molecule has 0 saturated carbocycles. The number of allylic oxidation sites excluding steroid dienone is 1. The molecule has 0 spiro atoms. The zero-order chi connectivity index (χ0) is 16.8. The second-order valence-electron chi connectivity index (χ2n) is 3.54. The number of hydrogen-bond donors (Lipinski definition) is 0. The van der Waals surface area contributed by atoms with Crippen LogP contribution in [0.25, 0.3) is 0 Å². The molecule has 0 aromatic rings. The van der Waals surface area contributed by atoms with Crippen molar-refractivity contribution in [2.24, 2.45) is 0 Å². The minimum atomic E-state index is -7.46. The van der Waals surface area contributed by atoms with Crippen molar-refractivity contribution in [1.82, 2.24) is 0 Å². The molecule has 12 heteroatoms. The van der Waals surface area contributed by atoms with Crippen molar-refractivity contribution in [3.05, 3.63) is 12.4 Å². The second-order valence-corrected chi connectivity index (χ2v) is 3.54. The predicted molar refractivity (Wildman–Crippen MR) is 41.0 cm³/mol. The highest BCUT2D eigenvalue weighted by molar-refractivity contribution is 5.15. The fourth-order valence-corrected chi connectivity index (χ4v) is 0.878. The van der Waals surface area contributed by atoms with Crippen molar-refractivity contribution in [3.63, 3.8) is 0 Å². The summed E-state index contributed by atoms with van der Waals surface area (Å²) in [4.78, 5) is 0. The molecule has 0 atom stereocenters. The van der Waals surface area contributed by atoms with Crippen LogP contribution in [-0.4, -0.2) is 36.3 Å². The van der Waals surface area contributed by atoms with Gasteiger partial charge in [0.2, 0.25) is 0 Å². The lowest BCUT2D eigenvalue weighted by molar-refractivity contribution is -0.398. The zero-order valence-electron chi connectivity index (χ0n) is 8.95. The Morgan fingerprint density at radius 1 is 0.700 bits per heavy atom. The van der Waals surface area contributed by atoms with Crippen LogP contribution in [0.1, 0.15) is 0 Å².